The Morgan fingerprint density at radius 1 is 0.952 bits per heavy atom. The van der Waals surface area contributed by atoms with E-state index in [1.807, 2.05) is 0 Å². The number of halogens is 7. The summed E-state index contributed by atoms with van der Waals surface area (Å²) < 4.78 is 83.4. The van der Waals surface area contributed by atoms with Crippen molar-refractivity contribution in [3.05, 3.63) is 52.5 Å². The number of carbonyl (C=O) groups excluding carboxylic acids is 1. The number of nitrogens with one attached hydrogen (secondary N) is 2. The number of ether oxygens (including phenoxy) is 1. The Hall–Kier alpha value is -2.82. The number of carbonyl (C=O) groups is 1. The zero-order valence-electron chi connectivity index (χ0n) is 22.3. The maximum Gasteiger partial charge on any atom is 0.446 e. The van der Waals surface area contributed by atoms with Crippen LogP contribution in [0, 0.1) is 11.3 Å². The molecule has 1 saturated carbocycles. The second kappa shape index (κ2) is 13.7. The Morgan fingerprint density at radius 3 is 2.12 bits per heavy atom. The third kappa shape index (κ3) is 9.09. The molecular weight excluding hydrogens is 606 g/mol. The van der Waals surface area contributed by atoms with E-state index in [0.717, 1.165) is 12.1 Å². The van der Waals surface area contributed by atoms with E-state index in [-0.39, 0.29) is 52.4 Å². The van der Waals surface area contributed by atoms with Gasteiger partial charge in [-0.3, -0.25) is 4.79 Å². The minimum atomic E-state index is -4.62. The summed E-state index contributed by atoms with van der Waals surface area (Å²) in [5.41, 5.74) is -4.88. The largest absolute Gasteiger partial charge is 0.446 e. The average molecular weight is 635 g/mol. The van der Waals surface area contributed by atoms with Gasteiger partial charge in [0, 0.05) is 41.4 Å². The van der Waals surface area contributed by atoms with E-state index >= 15 is 0 Å². The molecule has 4 rings (SSSR count). The smallest absolute Gasteiger partial charge is 0.382 e. The predicted molar refractivity (Wildman–Crippen MR) is 148 cm³/mol. The molecule has 2 fully saturated rings. The number of nitriles is 1. The van der Waals surface area contributed by atoms with E-state index in [0.29, 0.717) is 63.0 Å². The zero-order valence-corrected chi connectivity index (χ0v) is 23.9. The molecule has 42 heavy (non-hydrogen) atoms. The minimum Gasteiger partial charge on any atom is -0.382 e. The summed E-state index contributed by atoms with van der Waals surface area (Å²) >= 11 is 5.75. The fourth-order valence-electron chi connectivity index (χ4n) is 5.16. The first-order valence-corrected chi connectivity index (χ1v) is 14.6. The molecule has 2 aliphatic rings. The first-order valence-electron chi connectivity index (χ1n) is 13.4. The Balaban J connectivity index is 1.16. The van der Waals surface area contributed by atoms with Crippen LogP contribution in [0.3, 0.4) is 0 Å². The minimum absolute atomic E-state index is 0.0155. The lowest BCUT2D eigenvalue weighted by atomic mass is 9.92. The van der Waals surface area contributed by atoms with Crippen LogP contribution in [-0.4, -0.2) is 54.2 Å². The van der Waals surface area contributed by atoms with Gasteiger partial charge < -0.3 is 20.3 Å². The number of alkyl halides is 6. The number of thioether (sulfide) groups is 1. The number of nitrogens with zero attached hydrogens (tertiary/aromatic N) is 2. The van der Waals surface area contributed by atoms with Gasteiger partial charge in [-0.1, -0.05) is 11.6 Å². The topological polar surface area (TPSA) is 77.4 Å². The molecule has 0 radical (unpaired) electrons. The molecule has 0 aromatic heterocycles. The van der Waals surface area contributed by atoms with Gasteiger partial charge in [0.05, 0.1) is 28.3 Å². The first kappa shape index (κ1) is 32.1. The summed E-state index contributed by atoms with van der Waals surface area (Å²) in [4.78, 5) is 14.4. The average Bonchev–Trinajstić information content (AvgIpc) is 2.93. The van der Waals surface area contributed by atoms with Gasteiger partial charge in [-0.15, -0.1) is 0 Å². The number of likely N-dealkylation sites (tertiary alicyclic amines) is 1. The van der Waals surface area contributed by atoms with Crippen molar-refractivity contribution >= 4 is 40.6 Å². The molecule has 0 spiro atoms. The molecule has 1 aliphatic heterocycles. The number of piperidine rings is 1. The molecule has 0 atom stereocenters. The van der Waals surface area contributed by atoms with Gasteiger partial charge in [0.2, 0.25) is 5.91 Å². The lowest BCUT2D eigenvalue weighted by molar-refractivity contribution is -0.140. The van der Waals surface area contributed by atoms with E-state index in [2.05, 4.69) is 10.6 Å². The first-order chi connectivity index (χ1) is 19.8. The van der Waals surface area contributed by atoms with Crippen LogP contribution in [0.25, 0.3) is 0 Å². The monoisotopic (exact) mass is 634 g/mol. The van der Waals surface area contributed by atoms with Crippen molar-refractivity contribution < 1.29 is 35.9 Å². The number of rotatable bonds is 8. The molecule has 0 unspecified atom stereocenters. The number of benzene rings is 2. The molecule has 1 saturated heterocycles. The Labute approximate surface area is 248 Å². The Bertz CT molecular complexity index is 1290. The number of amides is 1. The van der Waals surface area contributed by atoms with Crippen LogP contribution < -0.4 is 10.6 Å². The quantitative estimate of drug-likeness (QED) is 0.229. The van der Waals surface area contributed by atoms with Crippen LogP contribution in [0.5, 0.6) is 0 Å². The van der Waals surface area contributed by atoms with E-state index in [1.54, 1.807) is 17.0 Å². The van der Waals surface area contributed by atoms with Crippen molar-refractivity contribution in [1.29, 1.82) is 5.26 Å². The Kier molecular flexibility index (Phi) is 10.4. The highest BCUT2D eigenvalue weighted by Gasteiger charge is 2.34. The molecule has 0 bridgehead atoms. The molecule has 228 valence electrons. The van der Waals surface area contributed by atoms with Crippen LogP contribution >= 0.6 is 23.4 Å². The van der Waals surface area contributed by atoms with Gasteiger partial charge in [0.15, 0.2) is 0 Å². The number of hydrogen-bond acceptors (Lipinski definition) is 6. The van der Waals surface area contributed by atoms with Crippen LogP contribution in [0.1, 0.15) is 49.7 Å². The number of anilines is 2. The summed E-state index contributed by atoms with van der Waals surface area (Å²) in [6, 6.07) is 9.52. The van der Waals surface area contributed by atoms with Gasteiger partial charge in [-0.05, 0) is 86.7 Å². The number of hydrogen-bond donors (Lipinski definition) is 2. The molecule has 1 heterocycles. The fraction of sp³-hybridized carbons (Fsp3) is 0.500. The molecule has 2 aromatic rings. The maximum absolute atomic E-state index is 13.2. The normalized spacial score (nSPS) is 20.2. The van der Waals surface area contributed by atoms with Crippen LogP contribution in [0.4, 0.5) is 37.7 Å². The van der Waals surface area contributed by atoms with E-state index in [1.165, 1.54) is 18.2 Å². The zero-order chi connectivity index (χ0) is 30.5. The molecule has 6 nitrogen and oxygen atoms in total. The lowest BCUT2D eigenvalue weighted by Gasteiger charge is -2.34. The third-order valence-corrected chi connectivity index (χ3v) is 8.54. The SMILES string of the molecule is N#Cc1ccc(N[C@H]2CC[C@H](OCC(=O)N3CCC(Nc4ccc(SC(F)(F)F)c(Cl)c4)CC3)CC2)cc1C(F)(F)F. The molecule has 2 aromatic carbocycles. The summed E-state index contributed by atoms with van der Waals surface area (Å²) in [5.74, 6) is -0.123. The van der Waals surface area contributed by atoms with Gasteiger partial charge >= 0.3 is 11.7 Å². The molecular formula is C28H29ClF6N4O2S. The molecule has 2 N–H and O–H groups in total. The fourth-order valence-corrected chi connectivity index (χ4v) is 6.00. The highest BCUT2D eigenvalue weighted by Crippen LogP contribution is 2.41. The van der Waals surface area contributed by atoms with Crippen molar-refractivity contribution in [2.45, 2.75) is 73.3 Å². The molecule has 1 aliphatic carbocycles. The highest BCUT2D eigenvalue weighted by atomic mass is 35.5. The van der Waals surface area contributed by atoms with Crippen LogP contribution in [0.15, 0.2) is 41.3 Å². The lowest BCUT2D eigenvalue weighted by Crippen LogP contribution is -2.44. The van der Waals surface area contributed by atoms with Crippen molar-refractivity contribution in [2.75, 3.05) is 30.3 Å². The van der Waals surface area contributed by atoms with Crippen molar-refractivity contribution in [3.8, 4) is 6.07 Å². The van der Waals surface area contributed by atoms with E-state index in [4.69, 9.17) is 21.6 Å². The summed E-state index contributed by atoms with van der Waals surface area (Å²) in [6.45, 7) is 0.965. The Morgan fingerprint density at radius 2 is 1.55 bits per heavy atom. The summed E-state index contributed by atoms with van der Waals surface area (Å²) in [6.07, 6.45) is -0.788. The second-order valence-corrected chi connectivity index (χ2v) is 11.8. The van der Waals surface area contributed by atoms with Crippen LogP contribution in [-0.2, 0) is 15.7 Å². The predicted octanol–water partition coefficient (Wildman–Crippen LogP) is 7.69. The standard InChI is InChI=1S/C28H29ClF6N4O2S/c29-24-14-21(5-8-25(24)42-28(33,34)35)38-19-9-11-39(12-10-19)26(40)16-41-22-6-3-18(4-7-22)37-20-2-1-17(15-36)23(13-20)27(30,31)32/h1-2,5,8,13-14,18-19,22,37-38H,3-4,6-7,9-12,16H2/t18-,22-. The molecule has 1 amide bonds. The van der Waals surface area contributed by atoms with Crippen LogP contribution in [0.2, 0.25) is 5.02 Å². The van der Waals surface area contributed by atoms with E-state index in [9.17, 15) is 31.1 Å². The van der Waals surface area contributed by atoms with Gasteiger partial charge in [0.1, 0.15) is 6.61 Å². The van der Waals surface area contributed by atoms with Gasteiger partial charge in [-0.2, -0.15) is 31.6 Å². The maximum atomic E-state index is 13.2. The van der Waals surface area contributed by atoms with Crippen molar-refractivity contribution in [3.63, 3.8) is 0 Å². The highest BCUT2D eigenvalue weighted by molar-refractivity contribution is 8.00. The van der Waals surface area contributed by atoms with Gasteiger partial charge in [-0.25, -0.2) is 0 Å². The summed E-state index contributed by atoms with van der Waals surface area (Å²) in [5, 5.41) is 15.4. The molecule has 14 heteroatoms. The van der Waals surface area contributed by atoms with Gasteiger partial charge in [0.25, 0.3) is 0 Å². The van der Waals surface area contributed by atoms with Crippen molar-refractivity contribution in [1.82, 2.24) is 4.90 Å². The third-order valence-electron chi connectivity index (χ3n) is 7.31. The summed E-state index contributed by atoms with van der Waals surface area (Å²) in [7, 11) is 0. The second-order valence-electron chi connectivity index (χ2n) is 10.3. The van der Waals surface area contributed by atoms with Crippen molar-refractivity contribution in [2.24, 2.45) is 0 Å². The van der Waals surface area contributed by atoms with E-state index < -0.39 is 22.8 Å².